The second kappa shape index (κ2) is 10.2. The van der Waals surface area contributed by atoms with Crippen LogP contribution in [0.25, 0.3) is 11.4 Å². The predicted molar refractivity (Wildman–Crippen MR) is 122 cm³/mol. The molecule has 1 aromatic heterocycles. The third-order valence-electron chi connectivity index (χ3n) is 5.51. The van der Waals surface area contributed by atoms with Gasteiger partial charge in [0.25, 0.3) is 0 Å². The van der Waals surface area contributed by atoms with Crippen LogP contribution in [0.3, 0.4) is 0 Å². The van der Waals surface area contributed by atoms with Gasteiger partial charge in [-0.2, -0.15) is 0 Å². The number of hydrogen-bond acceptors (Lipinski definition) is 4. The fraction of sp³-hybridized carbons (Fsp3) is 0.360. The lowest BCUT2D eigenvalue weighted by Crippen LogP contribution is -2.24. The Kier molecular flexibility index (Phi) is 7.39. The smallest absolute Gasteiger partial charge is 0.129 e. The molecule has 1 aliphatic rings. The van der Waals surface area contributed by atoms with Crippen LogP contribution in [-0.2, 0) is 6.42 Å². The van der Waals surface area contributed by atoms with Crippen LogP contribution >= 0.6 is 0 Å². The summed E-state index contributed by atoms with van der Waals surface area (Å²) in [5.74, 6) is 1.13. The van der Waals surface area contributed by atoms with Crippen LogP contribution in [0.2, 0.25) is 0 Å². The van der Waals surface area contributed by atoms with E-state index in [4.69, 9.17) is 4.98 Å². The molecule has 0 fully saturated rings. The molecule has 0 saturated heterocycles. The molecule has 1 unspecified atom stereocenters. The number of rotatable bonds is 8. The van der Waals surface area contributed by atoms with Gasteiger partial charge in [0.2, 0.25) is 0 Å². The van der Waals surface area contributed by atoms with Gasteiger partial charge in [-0.25, -0.2) is 14.4 Å². The minimum atomic E-state index is -0.248. The van der Waals surface area contributed by atoms with Crippen molar-refractivity contribution in [2.24, 2.45) is 5.92 Å². The summed E-state index contributed by atoms with van der Waals surface area (Å²) < 4.78 is 13.5. The monoisotopic (exact) mass is 406 g/mol. The Balaban J connectivity index is 2.11. The van der Waals surface area contributed by atoms with E-state index in [1.54, 1.807) is 12.1 Å². The first-order valence-corrected chi connectivity index (χ1v) is 10.7. The lowest BCUT2D eigenvalue weighted by atomic mass is 10.0. The van der Waals surface area contributed by atoms with Gasteiger partial charge >= 0.3 is 0 Å². The standard InChI is InChI=1S/C25H31FN4/c1-5-18(3)17-23-28-14-11-22(29-23)25(30-15-12-19(6-2)13-16-30)24(27-4)20-7-9-21(26)10-8-20/h7-15,18,27H,5-6,16-17H2,1-4H3/b25-24-. The minimum absolute atomic E-state index is 0.248. The SMILES string of the molecule is CCC1=CCN(/C(=C(\NC)c2ccc(F)cc2)c2ccnc(CC(C)CC)n2)C=C1. The van der Waals surface area contributed by atoms with Gasteiger partial charge in [-0.15, -0.1) is 0 Å². The topological polar surface area (TPSA) is 41.0 Å². The van der Waals surface area contributed by atoms with E-state index in [0.717, 1.165) is 54.3 Å². The minimum Gasteiger partial charge on any atom is -0.386 e. The van der Waals surface area contributed by atoms with Crippen molar-refractivity contribution in [3.05, 3.63) is 83.4 Å². The highest BCUT2D eigenvalue weighted by molar-refractivity contribution is 5.88. The van der Waals surface area contributed by atoms with E-state index in [1.807, 2.05) is 19.3 Å². The molecule has 1 aliphatic heterocycles. The number of aromatic nitrogens is 2. The van der Waals surface area contributed by atoms with Crippen molar-refractivity contribution < 1.29 is 4.39 Å². The summed E-state index contributed by atoms with van der Waals surface area (Å²) in [6.07, 6.45) is 11.3. The first kappa shape index (κ1) is 21.8. The van der Waals surface area contributed by atoms with Gasteiger partial charge in [0.15, 0.2) is 0 Å². The van der Waals surface area contributed by atoms with Crippen LogP contribution in [-0.4, -0.2) is 28.5 Å². The Bertz CT molecular complexity index is 944. The van der Waals surface area contributed by atoms with Crippen LogP contribution in [0.5, 0.6) is 0 Å². The zero-order valence-corrected chi connectivity index (χ0v) is 18.3. The number of benzene rings is 1. The number of allylic oxidation sites excluding steroid dienone is 2. The van der Waals surface area contributed by atoms with E-state index >= 15 is 0 Å². The number of halogens is 1. The maximum Gasteiger partial charge on any atom is 0.129 e. The summed E-state index contributed by atoms with van der Waals surface area (Å²) >= 11 is 0. The fourth-order valence-electron chi connectivity index (χ4n) is 3.48. The molecule has 3 rings (SSSR count). The van der Waals surface area contributed by atoms with E-state index in [-0.39, 0.29) is 5.82 Å². The van der Waals surface area contributed by atoms with Crippen molar-refractivity contribution in [2.75, 3.05) is 13.6 Å². The zero-order chi connectivity index (χ0) is 21.5. The Labute approximate surface area is 179 Å². The maximum atomic E-state index is 13.5. The molecule has 158 valence electrons. The van der Waals surface area contributed by atoms with Gasteiger partial charge in [0.1, 0.15) is 11.6 Å². The second-order valence-corrected chi connectivity index (χ2v) is 7.66. The highest BCUT2D eigenvalue weighted by Crippen LogP contribution is 2.29. The summed E-state index contributed by atoms with van der Waals surface area (Å²) in [5, 5.41) is 3.33. The summed E-state index contributed by atoms with van der Waals surface area (Å²) in [6.45, 7) is 7.32. The Morgan fingerprint density at radius 2 is 1.97 bits per heavy atom. The molecule has 0 aliphatic carbocycles. The van der Waals surface area contributed by atoms with Crippen LogP contribution in [0.1, 0.15) is 50.7 Å². The summed E-state index contributed by atoms with van der Waals surface area (Å²) in [5.41, 5.74) is 4.95. The third kappa shape index (κ3) is 5.15. The molecular formula is C25H31FN4. The first-order chi connectivity index (χ1) is 14.5. The predicted octanol–water partition coefficient (Wildman–Crippen LogP) is 5.42. The van der Waals surface area contributed by atoms with Gasteiger partial charge < -0.3 is 10.2 Å². The van der Waals surface area contributed by atoms with Gasteiger partial charge in [-0.05, 0) is 54.3 Å². The Hall–Kier alpha value is -2.95. The molecule has 1 atom stereocenters. The highest BCUT2D eigenvalue weighted by Gasteiger charge is 2.20. The van der Waals surface area contributed by atoms with Crippen molar-refractivity contribution >= 4 is 11.4 Å². The molecule has 30 heavy (non-hydrogen) atoms. The third-order valence-corrected chi connectivity index (χ3v) is 5.51. The molecule has 5 heteroatoms. The fourth-order valence-corrected chi connectivity index (χ4v) is 3.48. The van der Waals surface area contributed by atoms with Gasteiger partial charge in [0.05, 0.1) is 17.1 Å². The number of nitrogens with one attached hydrogen (secondary N) is 1. The van der Waals surface area contributed by atoms with Crippen molar-refractivity contribution in [1.82, 2.24) is 20.2 Å². The van der Waals surface area contributed by atoms with Gasteiger partial charge in [0, 0.05) is 38.0 Å². The molecule has 2 aromatic rings. The molecular weight excluding hydrogens is 375 g/mol. The average Bonchev–Trinajstić information content (AvgIpc) is 2.78. The molecule has 0 radical (unpaired) electrons. The normalized spacial score (nSPS) is 15.5. The molecule has 2 heterocycles. The summed E-state index contributed by atoms with van der Waals surface area (Å²) in [4.78, 5) is 11.6. The molecule has 0 bridgehead atoms. The lowest BCUT2D eigenvalue weighted by Gasteiger charge is -2.28. The van der Waals surface area contributed by atoms with Crippen molar-refractivity contribution in [3.8, 4) is 0 Å². The quantitative estimate of drug-likeness (QED) is 0.636. The van der Waals surface area contributed by atoms with Crippen LogP contribution < -0.4 is 5.32 Å². The number of nitrogens with zero attached hydrogens (tertiary/aromatic N) is 3. The molecule has 0 spiro atoms. The van der Waals surface area contributed by atoms with Crippen molar-refractivity contribution in [3.63, 3.8) is 0 Å². The van der Waals surface area contributed by atoms with E-state index in [2.05, 4.69) is 54.3 Å². The zero-order valence-electron chi connectivity index (χ0n) is 18.3. The Morgan fingerprint density at radius 1 is 1.20 bits per heavy atom. The highest BCUT2D eigenvalue weighted by atomic mass is 19.1. The molecule has 1 aromatic carbocycles. The second-order valence-electron chi connectivity index (χ2n) is 7.66. The molecule has 0 saturated carbocycles. The van der Waals surface area contributed by atoms with Crippen LogP contribution in [0.4, 0.5) is 4.39 Å². The average molecular weight is 407 g/mol. The van der Waals surface area contributed by atoms with E-state index in [0.29, 0.717) is 5.92 Å². The van der Waals surface area contributed by atoms with Crippen LogP contribution in [0, 0.1) is 11.7 Å². The maximum absolute atomic E-state index is 13.5. The van der Waals surface area contributed by atoms with Crippen molar-refractivity contribution in [1.29, 1.82) is 0 Å². The van der Waals surface area contributed by atoms with Gasteiger partial charge in [-0.3, -0.25) is 0 Å². The van der Waals surface area contributed by atoms with E-state index in [1.165, 1.54) is 17.7 Å². The summed E-state index contributed by atoms with van der Waals surface area (Å²) in [6, 6.07) is 8.51. The van der Waals surface area contributed by atoms with Crippen LogP contribution in [0.15, 0.2) is 60.5 Å². The first-order valence-electron chi connectivity index (χ1n) is 10.7. The molecule has 4 nitrogen and oxygen atoms in total. The van der Waals surface area contributed by atoms with Crippen molar-refractivity contribution in [2.45, 2.75) is 40.0 Å². The van der Waals surface area contributed by atoms with E-state index < -0.39 is 0 Å². The Morgan fingerprint density at radius 3 is 2.57 bits per heavy atom. The number of hydrogen-bond donors (Lipinski definition) is 1. The van der Waals surface area contributed by atoms with E-state index in [9.17, 15) is 4.39 Å². The summed E-state index contributed by atoms with van der Waals surface area (Å²) in [7, 11) is 1.89. The lowest BCUT2D eigenvalue weighted by molar-refractivity contribution is 0.540. The molecule has 0 amide bonds. The van der Waals surface area contributed by atoms with Gasteiger partial charge in [-0.1, -0.05) is 33.3 Å². The molecule has 1 N–H and O–H groups in total. The largest absolute Gasteiger partial charge is 0.386 e.